The van der Waals surface area contributed by atoms with Gasteiger partial charge in [0.15, 0.2) is 0 Å². The van der Waals surface area contributed by atoms with Crippen molar-refractivity contribution >= 4 is 11.9 Å². The third-order valence-electron chi connectivity index (χ3n) is 2.25. The highest BCUT2D eigenvalue weighted by atomic mass is 16.6. The Balaban J connectivity index is 2.97. The molecule has 1 aromatic rings. The fraction of sp³-hybridized carbons (Fsp3) is 0.200. The molecule has 6 nitrogen and oxygen atoms in total. The number of rotatable bonds is 4. The Hall–Kier alpha value is -2.94. The lowest BCUT2D eigenvalue weighted by Gasteiger charge is -2.06. The number of esters is 2. The number of pyridine rings is 1. The lowest BCUT2D eigenvalue weighted by Crippen LogP contribution is -2.11. The molecule has 0 aromatic carbocycles. The van der Waals surface area contributed by atoms with Gasteiger partial charge in [0.1, 0.15) is 11.6 Å². The summed E-state index contributed by atoms with van der Waals surface area (Å²) in [5.74, 6) is -1.44. The second-order valence-corrected chi connectivity index (χ2v) is 3.97. The van der Waals surface area contributed by atoms with Gasteiger partial charge in [0.2, 0.25) is 11.8 Å². The van der Waals surface area contributed by atoms with Crippen molar-refractivity contribution in [3.05, 3.63) is 41.5 Å². The van der Waals surface area contributed by atoms with Gasteiger partial charge in [0, 0.05) is 18.6 Å². The van der Waals surface area contributed by atoms with Gasteiger partial charge in [-0.2, -0.15) is 10.2 Å². The van der Waals surface area contributed by atoms with Crippen LogP contribution < -0.4 is 9.47 Å². The summed E-state index contributed by atoms with van der Waals surface area (Å²) in [5, 5.41) is 8.88. The summed E-state index contributed by atoms with van der Waals surface area (Å²) in [6.45, 7) is 4.60. The average Bonchev–Trinajstić information content (AvgIpc) is 2.44. The van der Waals surface area contributed by atoms with E-state index in [0.29, 0.717) is 5.57 Å². The Bertz CT molecular complexity index is 654. The van der Waals surface area contributed by atoms with Crippen LogP contribution in [-0.4, -0.2) is 16.9 Å². The zero-order valence-corrected chi connectivity index (χ0v) is 11.9. The second kappa shape index (κ2) is 7.60. The van der Waals surface area contributed by atoms with E-state index in [1.165, 1.54) is 19.1 Å². The molecule has 0 saturated carbocycles. The number of hydrogen-bond acceptors (Lipinski definition) is 6. The minimum absolute atomic E-state index is 0.0523. The van der Waals surface area contributed by atoms with Crippen molar-refractivity contribution in [2.45, 2.75) is 20.8 Å². The smallest absolute Gasteiger partial charge is 0.340 e. The topological polar surface area (TPSA) is 89.3 Å². The lowest BCUT2D eigenvalue weighted by molar-refractivity contribution is -0.132. The van der Waals surface area contributed by atoms with Crippen molar-refractivity contribution in [2.75, 3.05) is 0 Å². The van der Waals surface area contributed by atoms with Gasteiger partial charge in [0.25, 0.3) is 0 Å². The molecule has 0 fully saturated rings. The maximum Gasteiger partial charge on any atom is 0.340 e. The molecule has 0 unspecified atom stereocenters. The van der Waals surface area contributed by atoms with Crippen LogP contribution in [0.5, 0.6) is 11.8 Å². The third-order valence-corrected chi connectivity index (χ3v) is 2.25. The normalized spacial score (nSPS) is 11.0. The number of nitrogens with zero attached hydrogens (tertiary/aromatic N) is 2. The van der Waals surface area contributed by atoms with Crippen LogP contribution in [-0.2, 0) is 9.59 Å². The van der Waals surface area contributed by atoms with Gasteiger partial charge in [-0.1, -0.05) is 18.2 Å². The van der Waals surface area contributed by atoms with Crippen LogP contribution in [0.4, 0.5) is 0 Å². The van der Waals surface area contributed by atoms with E-state index >= 15 is 0 Å². The summed E-state index contributed by atoms with van der Waals surface area (Å²) in [7, 11) is 0. The molecule has 1 heterocycles. The summed E-state index contributed by atoms with van der Waals surface area (Å²) in [4.78, 5) is 26.5. The van der Waals surface area contributed by atoms with Crippen molar-refractivity contribution in [2.24, 2.45) is 0 Å². The van der Waals surface area contributed by atoms with E-state index < -0.39 is 11.9 Å². The molecule has 6 heteroatoms. The Labute approximate surface area is 122 Å². The van der Waals surface area contributed by atoms with E-state index in [1.807, 2.05) is 13.0 Å². The van der Waals surface area contributed by atoms with Crippen LogP contribution in [0.15, 0.2) is 35.9 Å². The average molecular weight is 286 g/mol. The minimum Gasteiger partial charge on any atom is -0.406 e. The second-order valence-electron chi connectivity index (χ2n) is 3.97. The van der Waals surface area contributed by atoms with E-state index in [0.717, 1.165) is 0 Å². The molecule has 0 saturated heterocycles. The number of allylic oxidation sites excluding steroid dienone is 3. The molecule has 0 aliphatic carbocycles. The molecule has 0 N–H and O–H groups in total. The Morgan fingerprint density at radius 3 is 2.57 bits per heavy atom. The predicted molar refractivity (Wildman–Crippen MR) is 74.5 cm³/mol. The fourth-order valence-corrected chi connectivity index (χ4v) is 1.26. The highest BCUT2D eigenvalue weighted by molar-refractivity contribution is 5.89. The van der Waals surface area contributed by atoms with E-state index in [-0.39, 0.29) is 17.3 Å². The first-order valence-electron chi connectivity index (χ1n) is 6.09. The number of nitriles is 1. The van der Waals surface area contributed by atoms with E-state index in [2.05, 4.69) is 4.98 Å². The van der Waals surface area contributed by atoms with Gasteiger partial charge < -0.3 is 9.47 Å². The highest BCUT2D eigenvalue weighted by Crippen LogP contribution is 2.20. The number of aromatic nitrogens is 1. The molecule has 1 rings (SSSR count). The van der Waals surface area contributed by atoms with Crippen LogP contribution in [0.25, 0.3) is 0 Å². The van der Waals surface area contributed by atoms with Crippen LogP contribution in [0.1, 0.15) is 26.3 Å². The minimum atomic E-state index is -0.619. The molecular weight excluding hydrogens is 272 g/mol. The first kappa shape index (κ1) is 16.1. The molecule has 0 radical (unpaired) electrons. The van der Waals surface area contributed by atoms with E-state index in [1.54, 1.807) is 25.2 Å². The zero-order chi connectivity index (χ0) is 15.8. The molecule has 0 amide bonds. The molecule has 0 spiro atoms. The lowest BCUT2D eigenvalue weighted by atomic mass is 10.2. The molecule has 21 heavy (non-hydrogen) atoms. The highest BCUT2D eigenvalue weighted by Gasteiger charge is 2.13. The first-order valence-corrected chi connectivity index (χ1v) is 6.09. The molecule has 0 atom stereocenters. The number of carbonyl (C=O) groups is 2. The van der Waals surface area contributed by atoms with Gasteiger partial charge in [-0.25, -0.2) is 4.79 Å². The number of hydrogen-bond donors (Lipinski definition) is 0. The van der Waals surface area contributed by atoms with Gasteiger partial charge in [0.05, 0.1) is 0 Å². The molecule has 0 aliphatic heterocycles. The molecule has 1 aromatic heterocycles. The van der Waals surface area contributed by atoms with E-state index in [9.17, 15) is 9.59 Å². The summed E-state index contributed by atoms with van der Waals surface area (Å²) in [6.07, 6.45) is 5.07. The fourth-order valence-electron chi connectivity index (χ4n) is 1.26. The molecule has 0 aliphatic rings. The van der Waals surface area contributed by atoms with Crippen LogP contribution in [0, 0.1) is 11.3 Å². The summed E-state index contributed by atoms with van der Waals surface area (Å²) < 4.78 is 9.84. The molecule has 108 valence electrons. The monoisotopic (exact) mass is 286 g/mol. The SMILES string of the molecule is C/C=C\C=C(/C)C(=O)Oc1ccc(C#N)c(OC(C)=O)n1. The maximum atomic E-state index is 11.8. The maximum absolute atomic E-state index is 11.8. The Morgan fingerprint density at radius 2 is 2.00 bits per heavy atom. The van der Waals surface area contributed by atoms with Crippen molar-refractivity contribution < 1.29 is 19.1 Å². The summed E-state index contributed by atoms with van der Waals surface area (Å²) in [6, 6.07) is 4.54. The molecular formula is C15H14N2O4. The van der Waals surface area contributed by atoms with Gasteiger partial charge in [-0.05, 0) is 19.9 Å². The third kappa shape index (κ3) is 4.91. The summed E-state index contributed by atoms with van der Waals surface area (Å²) in [5.41, 5.74) is 0.458. The number of carbonyl (C=O) groups excluding carboxylic acids is 2. The predicted octanol–water partition coefficient (Wildman–Crippen LogP) is 2.31. The van der Waals surface area contributed by atoms with Crippen molar-refractivity contribution in [1.82, 2.24) is 4.98 Å². The van der Waals surface area contributed by atoms with Gasteiger partial charge >= 0.3 is 11.9 Å². The Kier molecular flexibility index (Phi) is 5.83. The van der Waals surface area contributed by atoms with Crippen LogP contribution in [0.2, 0.25) is 0 Å². The van der Waals surface area contributed by atoms with Gasteiger partial charge in [-0.15, -0.1) is 0 Å². The van der Waals surface area contributed by atoms with Crippen molar-refractivity contribution in [3.8, 4) is 17.8 Å². The Morgan fingerprint density at radius 1 is 1.29 bits per heavy atom. The van der Waals surface area contributed by atoms with E-state index in [4.69, 9.17) is 14.7 Å². The molecule has 0 bridgehead atoms. The van der Waals surface area contributed by atoms with Crippen molar-refractivity contribution in [1.29, 1.82) is 5.26 Å². The quantitative estimate of drug-likeness (QED) is 0.479. The standard InChI is InChI=1S/C15H14N2O4/c1-4-5-6-10(2)15(19)21-13-8-7-12(9-16)14(17-13)20-11(3)18/h4-8H,1-3H3/b5-4-,10-6+. The number of ether oxygens (including phenoxy) is 2. The summed E-state index contributed by atoms with van der Waals surface area (Å²) >= 11 is 0. The van der Waals surface area contributed by atoms with Crippen LogP contribution >= 0.6 is 0 Å². The van der Waals surface area contributed by atoms with Crippen molar-refractivity contribution in [3.63, 3.8) is 0 Å². The largest absolute Gasteiger partial charge is 0.406 e. The van der Waals surface area contributed by atoms with Crippen LogP contribution in [0.3, 0.4) is 0 Å². The van der Waals surface area contributed by atoms with Gasteiger partial charge in [-0.3, -0.25) is 4.79 Å². The first-order chi connectivity index (χ1) is 9.97. The zero-order valence-electron chi connectivity index (χ0n) is 11.9.